The molecular weight excluding hydrogens is 192 g/mol. The van der Waals surface area contributed by atoms with Gasteiger partial charge in [-0.05, 0) is 33.2 Å². The predicted octanol–water partition coefficient (Wildman–Crippen LogP) is 1.87. The molecule has 15 heavy (non-hydrogen) atoms. The average Bonchev–Trinajstić information content (AvgIpc) is 2.15. The van der Waals surface area contributed by atoms with E-state index >= 15 is 0 Å². The van der Waals surface area contributed by atoms with Gasteiger partial charge in [-0.3, -0.25) is 4.79 Å². The highest BCUT2D eigenvalue weighted by Gasteiger charge is 2.10. The van der Waals surface area contributed by atoms with Crippen LogP contribution in [0.4, 0.5) is 0 Å². The molecular formula is C11H20N2O2. The first-order valence-electron chi connectivity index (χ1n) is 5.40. The minimum absolute atomic E-state index is 0.191. The highest BCUT2D eigenvalue weighted by atomic mass is 16.4. The molecule has 0 rings (SSSR count). The van der Waals surface area contributed by atoms with Crippen molar-refractivity contribution in [3.8, 4) is 6.07 Å². The summed E-state index contributed by atoms with van der Waals surface area (Å²) in [7, 11) is 0. The largest absolute Gasteiger partial charge is 0.481 e. The van der Waals surface area contributed by atoms with Gasteiger partial charge in [0.05, 0.1) is 12.5 Å². The molecule has 0 aliphatic rings. The van der Waals surface area contributed by atoms with Crippen molar-refractivity contribution >= 4 is 5.97 Å². The summed E-state index contributed by atoms with van der Waals surface area (Å²) in [5.41, 5.74) is 0. The molecule has 0 unspecified atom stereocenters. The van der Waals surface area contributed by atoms with E-state index in [0.717, 1.165) is 19.4 Å². The normalized spacial score (nSPS) is 10.6. The van der Waals surface area contributed by atoms with Crippen molar-refractivity contribution in [2.24, 2.45) is 0 Å². The first-order chi connectivity index (χ1) is 7.07. The Morgan fingerprint density at radius 2 is 2.07 bits per heavy atom. The lowest BCUT2D eigenvalue weighted by molar-refractivity contribution is -0.137. The maximum atomic E-state index is 10.4. The minimum Gasteiger partial charge on any atom is -0.481 e. The summed E-state index contributed by atoms with van der Waals surface area (Å²) >= 11 is 0. The first kappa shape index (κ1) is 13.9. The molecule has 0 fully saturated rings. The first-order valence-corrected chi connectivity index (χ1v) is 5.40. The number of carboxylic acids is 1. The van der Waals surface area contributed by atoms with Crippen LogP contribution in [-0.4, -0.2) is 35.1 Å². The summed E-state index contributed by atoms with van der Waals surface area (Å²) in [6.45, 7) is 5.60. The Balaban J connectivity index is 3.74. The van der Waals surface area contributed by atoms with Gasteiger partial charge in [0.25, 0.3) is 0 Å². The van der Waals surface area contributed by atoms with Crippen molar-refractivity contribution in [1.82, 2.24) is 4.90 Å². The summed E-state index contributed by atoms with van der Waals surface area (Å²) < 4.78 is 0. The van der Waals surface area contributed by atoms with Gasteiger partial charge in [-0.15, -0.1) is 0 Å². The van der Waals surface area contributed by atoms with E-state index in [1.807, 2.05) is 0 Å². The second kappa shape index (κ2) is 8.25. The van der Waals surface area contributed by atoms with Gasteiger partial charge in [0.2, 0.25) is 0 Å². The molecule has 0 aliphatic carbocycles. The topological polar surface area (TPSA) is 64.3 Å². The van der Waals surface area contributed by atoms with Gasteiger partial charge in [0.1, 0.15) is 0 Å². The number of hydrogen-bond donors (Lipinski definition) is 1. The predicted molar refractivity (Wildman–Crippen MR) is 58.4 cm³/mol. The number of nitriles is 1. The average molecular weight is 212 g/mol. The summed E-state index contributed by atoms with van der Waals surface area (Å²) in [5, 5.41) is 17.0. The number of carbonyl (C=O) groups is 1. The fourth-order valence-electron chi connectivity index (χ4n) is 1.39. The van der Waals surface area contributed by atoms with Gasteiger partial charge in [0, 0.05) is 19.0 Å². The smallest absolute Gasteiger partial charge is 0.304 e. The Morgan fingerprint density at radius 3 is 2.53 bits per heavy atom. The molecule has 4 heteroatoms. The van der Waals surface area contributed by atoms with Crippen LogP contribution in [0.1, 0.15) is 39.5 Å². The highest BCUT2D eigenvalue weighted by Crippen LogP contribution is 2.04. The van der Waals surface area contributed by atoms with Crippen LogP contribution in [-0.2, 0) is 4.79 Å². The van der Waals surface area contributed by atoms with Crippen molar-refractivity contribution < 1.29 is 9.90 Å². The zero-order valence-electron chi connectivity index (χ0n) is 9.57. The molecule has 0 heterocycles. The Bertz CT molecular complexity index is 221. The van der Waals surface area contributed by atoms with Crippen LogP contribution in [0.15, 0.2) is 0 Å². The van der Waals surface area contributed by atoms with Gasteiger partial charge in [-0.25, -0.2) is 0 Å². The summed E-state index contributed by atoms with van der Waals surface area (Å²) in [6.07, 6.45) is 2.64. The van der Waals surface area contributed by atoms with E-state index in [-0.39, 0.29) is 6.42 Å². The highest BCUT2D eigenvalue weighted by molar-refractivity contribution is 5.66. The standard InChI is InChI=1S/C11H20N2O2/c1-10(2)13(9-6-11(14)15)8-5-3-4-7-12/h10H,3-6,8-9H2,1-2H3,(H,14,15). The number of aliphatic carboxylic acids is 1. The minimum atomic E-state index is -0.752. The number of carboxylic acid groups (broad SMARTS) is 1. The molecule has 0 aromatic rings. The van der Waals surface area contributed by atoms with Crippen molar-refractivity contribution in [1.29, 1.82) is 5.26 Å². The molecule has 0 bridgehead atoms. The maximum absolute atomic E-state index is 10.4. The zero-order chi connectivity index (χ0) is 11.7. The van der Waals surface area contributed by atoms with Crippen LogP contribution >= 0.6 is 0 Å². The number of rotatable bonds is 8. The summed E-state index contributed by atoms with van der Waals surface area (Å²) in [6, 6.07) is 2.48. The van der Waals surface area contributed by atoms with Gasteiger partial charge in [0.15, 0.2) is 0 Å². The Hall–Kier alpha value is -1.08. The fourth-order valence-corrected chi connectivity index (χ4v) is 1.39. The molecule has 0 aliphatic heterocycles. The van der Waals surface area contributed by atoms with E-state index in [1.165, 1.54) is 0 Å². The summed E-state index contributed by atoms with van der Waals surface area (Å²) in [4.78, 5) is 12.6. The SMILES string of the molecule is CC(C)N(CCCCC#N)CCC(=O)O. The van der Waals surface area contributed by atoms with Crippen molar-refractivity contribution in [3.05, 3.63) is 0 Å². The van der Waals surface area contributed by atoms with Crippen molar-refractivity contribution in [2.45, 2.75) is 45.6 Å². The van der Waals surface area contributed by atoms with Crippen LogP contribution in [0.5, 0.6) is 0 Å². The zero-order valence-corrected chi connectivity index (χ0v) is 9.57. The Morgan fingerprint density at radius 1 is 1.40 bits per heavy atom. The summed E-state index contributed by atoms with van der Waals surface area (Å²) in [5.74, 6) is -0.752. The van der Waals surface area contributed by atoms with E-state index in [2.05, 4.69) is 24.8 Å². The maximum Gasteiger partial charge on any atom is 0.304 e. The van der Waals surface area contributed by atoms with Gasteiger partial charge in [-0.2, -0.15) is 5.26 Å². The van der Waals surface area contributed by atoms with E-state index in [9.17, 15) is 4.79 Å². The van der Waals surface area contributed by atoms with Crippen LogP contribution in [0, 0.1) is 11.3 Å². The monoisotopic (exact) mass is 212 g/mol. The molecule has 0 aromatic carbocycles. The van der Waals surface area contributed by atoms with Gasteiger partial charge >= 0.3 is 5.97 Å². The van der Waals surface area contributed by atoms with Crippen LogP contribution < -0.4 is 0 Å². The van der Waals surface area contributed by atoms with Crippen LogP contribution in [0.25, 0.3) is 0 Å². The molecule has 0 saturated heterocycles. The number of nitrogens with zero attached hydrogens (tertiary/aromatic N) is 2. The quantitative estimate of drug-likeness (QED) is 0.624. The van der Waals surface area contributed by atoms with Crippen LogP contribution in [0.2, 0.25) is 0 Å². The Labute approximate surface area is 91.5 Å². The third-order valence-electron chi connectivity index (χ3n) is 2.33. The molecule has 0 spiro atoms. The third kappa shape index (κ3) is 7.95. The fraction of sp³-hybridized carbons (Fsp3) is 0.818. The molecule has 0 atom stereocenters. The lowest BCUT2D eigenvalue weighted by Gasteiger charge is -2.25. The second-order valence-electron chi connectivity index (χ2n) is 3.89. The third-order valence-corrected chi connectivity index (χ3v) is 2.33. The van der Waals surface area contributed by atoms with Gasteiger partial charge in [-0.1, -0.05) is 0 Å². The van der Waals surface area contributed by atoms with E-state index < -0.39 is 5.97 Å². The number of unbranched alkanes of at least 4 members (excludes halogenated alkanes) is 2. The van der Waals surface area contributed by atoms with E-state index in [0.29, 0.717) is 19.0 Å². The van der Waals surface area contributed by atoms with Crippen molar-refractivity contribution in [3.63, 3.8) is 0 Å². The molecule has 86 valence electrons. The molecule has 0 saturated carbocycles. The molecule has 4 nitrogen and oxygen atoms in total. The number of hydrogen-bond acceptors (Lipinski definition) is 3. The van der Waals surface area contributed by atoms with Gasteiger partial charge < -0.3 is 10.0 Å². The lowest BCUT2D eigenvalue weighted by atomic mass is 10.2. The molecule has 0 radical (unpaired) electrons. The second-order valence-corrected chi connectivity index (χ2v) is 3.89. The molecule has 0 aromatic heterocycles. The van der Waals surface area contributed by atoms with E-state index in [1.54, 1.807) is 0 Å². The van der Waals surface area contributed by atoms with Crippen LogP contribution in [0.3, 0.4) is 0 Å². The molecule has 0 amide bonds. The van der Waals surface area contributed by atoms with E-state index in [4.69, 9.17) is 10.4 Å². The Kier molecular flexibility index (Phi) is 7.65. The lowest BCUT2D eigenvalue weighted by Crippen LogP contribution is -2.33. The molecule has 1 N–H and O–H groups in total. The van der Waals surface area contributed by atoms with Crippen molar-refractivity contribution in [2.75, 3.05) is 13.1 Å².